The minimum atomic E-state index is 0.147. The van der Waals surface area contributed by atoms with Crippen LogP contribution in [0.2, 0.25) is 0 Å². The Morgan fingerprint density at radius 2 is 1.71 bits per heavy atom. The van der Waals surface area contributed by atoms with E-state index >= 15 is 0 Å². The molecule has 0 spiro atoms. The molecule has 0 saturated carbocycles. The van der Waals surface area contributed by atoms with E-state index in [0.717, 1.165) is 12.2 Å². The van der Waals surface area contributed by atoms with Crippen molar-refractivity contribution in [3.05, 3.63) is 47.3 Å². The third-order valence-corrected chi connectivity index (χ3v) is 4.04. The summed E-state index contributed by atoms with van der Waals surface area (Å²) in [6.07, 6.45) is 6.54. The van der Waals surface area contributed by atoms with Crippen molar-refractivity contribution < 1.29 is 0 Å². The van der Waals surface area contributed by atoms with E-state index in [1.54, 1.807) is 0 Å². The van der Waals surface area contributed by atoms with Crippen LogP contribution < -0.4 is 0 Å². The highest BCUT2D eigenvalue weighted by Gasteiger charge is 2.22. The summed E-state index contributed by atoms with van der Waals surface area (Å²) in [7, 11) is 2.13. The molecule has 0 unspecified atom stereocenters. The van der Waals surface area contributed by atoms with Crippen LogP contribution in [0.25, 0.3) is 5.70 Å². The second-order valence-electron chi connectivity index (χ2n) is 8.00. The Kier molecular flexibility index (Phi) is 4.01. The van der Waals surface area contributed by atoms with Gasteiger partial charge in [-0.05, 0) is 40.2 Å². The number of rotatable bonds is 1. The van der Waals surface area contributed by atoms with Gasteiger partial charge in [0.05, 0.1) is 11.4 Å². The maximum absolute atomic E-state index is 4.61. The number of likely N-dealkylation sites (N-methyl/N-ethyl adjacent to an activating group) is 1. The minimum Gasteiger partial charge on any atom is -0.369 e. The zero-order valence-corrected chi connectivity index (χ0v) is 14.5. The molecule has 0 bridgehead atoms. The number of hydrogen-bond donors (Lipinski definition) is 0. The predicted octanol–water partition coefficient (Wildman–Crippen LogP) is 4.64. The first-order valence-electron chi connectivity index (χ1n) is 7.69. The third kappa shape index (κ3) is 3.55. The lowest BCUT2D eigenvalue weighted by Crippen LogP contribution is -2.24. The average Bonchev–Trinajstić information content (AvgIpc) is 2.37. The van der Waals surface area contributed by atoms with Crippen LogP contribution in [0.5, 0.6) is 0 Å². The van der Waals surface area contributed by atoms with Gasteiger partial charge in [0, 0.05) is 19.8 Å². The summed E-state index contributed by atoms with van der Waals surface area (Å²) < 4.78 is 0. The van der Waals surface area contributed by atoms with Crippen LogP contribution in [-0.2, 0) is 5.41 Å². The molecule has 21 heavy (non-hydrogen) atoms. The first-order valence-corrected chi connectivity index (χ1v) is 7.69. The normalized spacial score (nSPS) is 16.6. The predicted molar refractivity (Wildman–Crippen MR) is 91.1 cm³/mol. The smallest absolute Gasteiger partial charge is 0.0866 e. The lowest BCUT2D eigenvalue weighted by Gasteiger charge is -2.31. The number of allylic oxidation sites excluding steroid dienone is 2. The van der Waals surface area contributed by atoms with Crippen LogP contribution in [0.15, 0.2) is 36.1 Å². The van der Waals surface area contributed by atoms with Gasteiger partial charge in [0.2, 0.25) is 0 Å². The topological polar surface area (TPSA) is 16.1 Å². The molecule has 114 valence electrons. The molecule has 0 atom stereocenters. The number of pyridine rings is 1. The zero-order chi connectivity index (χ0) is 15.8. The molecule has 0 saturated heterocycles. The SMILES string of the molecule is CN1CC=C(C(C)(C)C)C=C1c1cc(C(C)(C)C)ccn1. The fourth-order valence-electron chi connectivity index (χ4n) is 2.48. The molecule has 1 aliphatic heterocycles. The third-order valence-electron chi connectivity index (χ3n) is 4.04. The van der Waals surface area contributed by atoms with E-state index < -0.39 is 0 Å². The van der Waals surface area contributed by atoms with Gasteiger partial charge in [0.25, 0.3) is 0 Å². The first kappa shape index (κ1) is 15.8. The zero-order valence-electron chi connectivity index (χ0n) is 14.5. The largest absolute Gasteiger partial charge is 0.369 e. The van der Waals surface area contributed by atoms with Crippen molar-refractivity contribution in [3.63, 3.8) is 0 Å². The standard InChI is InChI=1S/C19H28N2/c1-18(2,3)14-8-10-20-16(12-14)17-13-15(19(4,5)6)9-11-21(17)7/h8-10,12-13H,11H2,1-7H3. The van der Waals surface area contributed by atoms with Gasteiger partial charge in [0.1, 0.15) is 0 Å². The molecule has 2 heteroatoms. The molecule has 0 amide bonds. The van der Waals surface area contributed by atoms with Gasteiger partial charge in [-0.15, -0.1) is 0 Å². The molecule has 2 rings (SSSR count). The lowest BCUT2D eigenvalue weighted by molar-refractivity contribution is 0.479. The van der Waals surface area contributed by atoms with Crippen molar-refractivity contribution in [2.24, 2.45) is 5.41 Å². The van der Waals surface area contributed by atoms with Crippen LogP contribution in [0.3, 0.4) is 0 Å². The Bertz CT molecular complexity index is 580. The van der Waals surface area contributed by atoms with Gasteiger partial charge < -0.3 is 4.90 Å². The van der Waals surface area contributed by atoms with Crippen molar-refractivity contribution in [1.82, 2.24) is 9.88 Å². The van der Waals surface area contributed by atoms with Gasteiger partial charge in [0.15, 0.2) is 0 Å². The second kappa shape index (κ2) is 5.32. The average molecular weight is 284 g/mol. The molecule has 0 N–H and O–H groups in total. The monoisotopic (exact) mass is 284 g/mol. The van der Waals surface area contributed by atoms with Gasteiger partial charge in [-0.25, -0.2) is 0 Å². The van der Waals surface area contributed by atoms with Crippen molar-refractivity contribution in [1.29, 1.82) is 0 Å². The van der Waals surface area contributed by atoms with Crippen molar-refractivity contribution in [3.8, 4) is 0 Å². The van der Waals surface area contributed by atoms with Crippen molar-refractivity contribution in [2.75, 3.05) is 13.6 Å². The number of hydrogen-bond acceptors (Lipinski definition) is 2. The Balaban J connectivity index is 2.45. The minimum absolute atomic E-state index is 0.147. The molecule has 0 aromatic carbocycles. The highest BCUT2D eigenvalue weighted by atomic mass is 15.1. The van der Waals surface area contributed by atoms with E-state index in [1.807, 2.05) is 6.20 Å². The molecule has 0 aliphatic carbocycles. The summed E-state index contributed by atoms with van der Waals surface area (Å²) in [4.78, 5) is 6.87. The van der Waals surface area contributed by atoms with Crippen LogP contribution in [0.4, 0.5) is 0 Å². The van der Waals surface area contributed by atoms with E-state index in [1.165, 1.54) is 16.8 Å². The molecule has 0 fully saturated rings. The van der Waals surface area contributed by atoms with Crippen molar-refractivity contribution >= 4 is 5.70 Å². The van der Waals surface area contributed by atoms with E-state index in [-0.39, 0.29) is 10.8 Å². The fourth-order valence-corrected chi connectivity index (χ4v) is 2.48. The highest BCUT2D eigenvalue weighted by molar-refractivity contribution is 5.66. The van der Waals surface area contributed by atoms with E-state index in [2.05, 4.69) is 82.8 Å². The van der Waals surface area contributed by atoms with Crippen LogP contribution in [0, 0.1) is 5.41 Å². The highest BCUT2D eigenvalue weighted by Crippen LogP contribution is 2.33. The molecule has 1 aromatic heterocycles. The van der Waals surface area contributed by atoms with Gasteiger partial charge >= 0.3 is 0 Å². The fraction of sp³-hybridized carbons (Fsp3) is 0.526. The Labute approximate surface area is 129 Å². The van der Waals surface area contributed by atoms with Gasteiger partial charge in [-0.2, -0.15) is 0 Å². The number of nitrogens with zero attached hydrogens (tertiary/aromatic N) is 2. The Hall–Kier alpha value is -1.57. The number of aromatic nitrogens is 1. The van der Waals surface area contributed by atoms with Crippen molar-refractivity contribution in [2.45, 2.75) is 47.0 Å². The van der Waals surface area contributed by atoms with Gasteiger partial charge in [-0.1, -0.05) is 47.6 Å². The van der Waals surface area contributed by atoms with E-state index in [4.69, 9.17) is 0 Å². The molecule has 2 nitrogen and oxygen atoms in total. The maximum Gasteiger partial charge on any atom is 0.0866 e. The molecule has 0 radical (unpaired) electrons. The summed E-state index contributed by atoms with van der Waals surface area (Å²) in [5.41, 5.74) is 5.32. The molecular formula is C19H28N2. The summed E-state index contributed by atoms with van der Waals surface area (Å²) in [6.45, 7) is 14.5. The summed E-state index contributed by atoms with van der Waals surface area (Å²) >= 11 is 0. The molecular weight excluding hydrogens is 256 g/mol. The molecule has 1 aliphatic rings. The summed E-state index contributed by atoms with van der Waals surface area (Å²) in [6, 6.07) is 4.35. The van der Waals surface area contributed by atoms with Gasteiger partial charge in [-0.3, -0.25) is 4.98 Å². The quantitative estimate of drug-likeness (QED) is 0.747. The Morgan fingerprint density at radius 3 is 2.29 bits per heavy atom. The van der Waals surface area contributed by atoms with Crippen LogP contribution in [-0.4, -0.2) is 23.5 Å². The molecule has 2 heterocycles. The Morgan fingerprint density at radius 1 is 1.05 bits per heavy atom. The van der Waals surface area contributed by atoms with E-state index in [9.17, 15) is 0 Å². The first-order chi connectivity index (χ1) is 9.59. The summed E-state index contributed by atoms with van der Waals surface area (Å²) in [5, 5.41) is 0. The lowest BCUT2D eigenvalue weighted by atomic mass is 9.83. The van der Waals surface area contributed by atoms with E-state index in [0.29, 0.717) is 0 Å². The second-order valence-corrected chi connectivity index (χ2v) is 8.00. The van der Waals surface area contributed by atoms with Crippen LogP contribution >= 0.6 is 0 Å². The van der Waals surface area contributed by atoms with Crippen LogP contribution in [0.1, 0.15) is 52.8 Å². The molecule has 1 aromatic rings. The summed E-state index contributed by atoms with van der Waals surface area (Å²) in [5.74, 6) is 0. The maximum atomic E-state index is 4.61.